The normalized spacial score (nSPS) is 14.3. The van der Waals surface area contributed by atoms with Crippen LogP contribution in [0.4, 0.5) is 0 Å². The molecule has 0 aliphatic carbocycles. The molecule has 0 atom stereocenters. The minimum absolute atomic E-state index is 0.0231. The summed E-state index contributed by atoms with van der Waals surface area (Å²) in [5, 5.41) is 3.61. The summed E-state index contributed by atoms with van der Waals surface area (Å²) >= 11 is 5.84. The van der Waals surface area contributed by atoms with Crippen LogP contribution in [0.5, 0.6) is 5.75 Å². The van der Waals surface area contributed by atoms with Gasteiger partial charge in [0.05, 0.1) is 0 Å². The molecular weight excluding hydrogens is 414 g/mol. The molecule has 2 amide bonds. The summed E-state index contributed by atoms with van der Waals surface area (Å²) < 4.78 is 7.48. The first-order chi connectivity index (χ1) is 15.1. The maximum absolute atomic E-state index is 12.8. The minimum Gasteiger partial charge on any atom is -0.484 e. The number of hydrogen-bond donors (Lipinski definition) is 1. The molecule has 2 heterocycles. The number of hydrogen-bond acceptors (Lipinski definition) is 3. The van der Waals surface area contributed by atoms with Gasteiger partial charge >= 0.3 is 0 Å². The minimum atomic E-state index is -0.166. The Labute approximate surface area is 186 Å². The van der Waals surface area contributed by atoms with Crippen molar-refractivity contribution in [3.63, 3.8) is 0 Å². The van der Waals surface area contributed by atoms with Crippen molar-refractivity contribution in [2.75, 3.05) is 19.7 Å². The van der Waals surface area contributed by atoms with Gasteiger partial charge in [0.25, 0.3) is 11.8 Å². The van der Waals surface area contributed by atoms with Crippen LogP contribution in [-0.2, 0) is 4.79 Å². The average Bonchev–Trinajstić information content (AvgIpc) is 3.34. The van der Waals surface area contributed by atoms with E-state index in [9.17, 15) is 9.59 Å². The van der Waals surface area contributed by atoms with Gasteiger partial charge in [0.2, 0.25) is 0 Å². The van der Waals surface area contributed by atoms with Gasteiger partial charge in [-0.2, -0.15) is 0 Å². The lowest BCUT2D eigenvalue weighted by Crippen LogP contribution is -2.47. The summed E-state index contributed by atoms with van der Waals surface area (Å²) in [6.07, 6.45) is 5.38. The van der Waals surface area contributed by atoms with Crippen molar-refractivity contribution in [2.24, 2.45) is 0 Å². The quantitative estimate of drug-likeness (QED) is 0.635. The Bertz CT molecular complexity index is 1010. The fourth-order valence-corrected chi connectivity index (χ4v) is 3.77. The number of ether oxygens (including phenoxy) is 1. The molecule has 7 heteroatoms. The third-order valence-electron chi connectivity index (χ3n) is 5.35. The van der Waals surface area contributed by atoms with Crippen LogP contribution < -0.4 is 10.1 Å². The Hall–Kier alpha value is -3.25. The molecule has 0 radical (unpaired) electrons. The molecule has 1 N–H and O–H groups in total. The molecule has 0 unspecified atom stereocenters. The number of nitrogens with one attached hydrogen (secondary N) is 1. The molecule has 160 valence electrons. The third kappa shape index (κ3) is 5.47. The van der Waals surface area contributed by atoms with Gasteiger partial charge in [-0.3, -0.25) is 9.59 Å². The molecule has 1 fully saturated rings. The van der Waals surface area contributed by atoms with Crippen LogP contribution in [0.1, 0.15) is 23.2 Å². The summed E-state index contributed by atoms with van der Waals surface area (Å²) in [5.74, 6) is 0.456. The highest BCUT2D eigenvalue weighted by atomic mass is 35.5. The number of piperidine rings is 1. The van der Waals surface area contributed by atoms with Crippen molar-refractivity contribution in [1.29, 1.82) is 0 Å². The number of aromatic nitrogens is 1. The van der Waals surface area contributed by atoms with Crippen molar-refractivity contribution < 1.29 is 14.3 Å². The van der Waals surface area contributed by atoms with Crippen LogP contribution in [-0.4, -0.2) is 47.0 Å². The zero-order valence-corrected chi connectivity index (χ0v) is 17.8. The SMILES string of the molecule is O=C(COc1ccc(Cl)cc1)NC1CCN(C(=O)c2ccc(-n3cccc3)cc2)CC1. The molecule has 1 aromatic heterocycles. The number of nitrogens with zero attached hydrogens (tertiary/aromatic N) is 2. The topological polar surface area (TPSA) is 63.6 Å². The predicted octanol–water partition coefficient (Wildman–Crippen LogP) is 3.93. The van der Waals surface area contributed by atoms with E-state index < -0.39 is 0 Å². The first-order valence-electron chi connectivity index (χ1n) is 10.3. The van der Waals surface area contributed by atoms with Gasteiger partial charge in [0.15, 0.2) is 6.61 Å². The van der Waals surface area contributed by atoms with Crippen molar-refractivity contribution in [3.8, 4) is 11.4 Å². The van der Waals surface area contributed by atoms with Gasteiger partial charge in [-0.05, 0) is 73.5 Å². The number of amides is 2. The Morgan fingerprint density at radius 2 is 1.61 bits per heavy atom. The Morgan fingerprint density at radius 3 is 2.26 bits per heavy atom. The van der Waals surface area contributed by atoms with Gasteiger partial charge < -0.3 is 19.5 Å². The fraction of sp³-hybridized carbons (Fsp3) is 0.250. The molecule has 4 rings (SSSR count). The number of carbonyl (C=O) groups excluding carboxylic acids is 2. The fourth-order valence-electron chi connectivity index (χ4n) is 3.64. The lowest BCUT2D eigenvalue weighted by atomic mass is 10.0. The summed E-state index contributed by atoms with van der Waals surface area (Å²) in [4.78, 5) is 26.8. The third-order valence-corrected chi connectivity index (χ3v) is 5.60. The highest BCUT2D eigenvalue weighted by Gasteiger charge is 2.24. The largest absolute Gasteiger partial charge is 0.484 e. The molecule has 6 nitrogen and oxygen atoms in total. The van der Waals surface area contributed by atoms with E-state index in [1.807, 2.05) is 58.3 Å². The van der Waals surface area contributed by atoms with Gasteiger partial charge in [-0.1, -0.05) is 11.6 Å². The number of rotatable bonds is 6. The molecule has 1 saturated heterocycles. The summed E-state index contributed by atoms with van der Waals surface area (Å²) in [7, 11) is 0. The van der Waals surface area contributed by atoms with Crippen molar-refractivity contribution in [2.45, 2.75) is 18.9 Å². The van der Waals surface area contributed by atoms with Crippen LogP contribution in [0.2, 0.25) is 5.02 Å². The molecule has 1 aliphatic rings. The lowest BCUT2D eigenvalue weighted by Gasteiger charge is -2.32. The van der Waals surface area contributed by atoms with E-state index in [4.69, 9.17) is 16.3 Å². The summed E-state index contributed by atoms with van der Waals surface area (Å²) in [6, 6.07) is 18.5. The van der Waals surface area contributed by atoms with E-state index in [1.54, 1.807) is 24.3 Å². The first kappa shape index (κ1) is 21.0. The van der Waals surface area contributed by atoms with Crippen molar-refractivity contribution in [1.82, 2.24) is 14.8 Å². The van der Waals surface area contributed by atoms with Crippen LogP contribution in [0.15, 0.2) is 73.1 Å². The van der Waals surface area contributed by atoms with E-state index >= 15 is 0 Å². The molecule has 1 aliphatic heterocycles. The zero-order chi connectivity index (χ0) is 21.6. The second-order valence-corrected chi connectivity index (χ2v) is 7.95. The van der Waals surface area contributed by atoms with Gasteiger partial charge in [-0.15, -0.1) is 0 Å². The molecule has 0 saturated carbocycles. The van der Waals surface area contributed by atoms with Crippen molar-refractivity contribution in [3.05, 3.63) is 83.6 Å². The van der Waals surface area contributed by atoms with Crippen molar-refractivity contribution >= 4 is 23.4 Å². The molecule has 3 aromatic rings. The predicted molar refractivity (Wildman–Crippen MR) is 120 cm³/mol. The van der Waals surface area contributed by atoms with Crippen LogP contribution in [0, 0.1) is 0 Å². The van der Waals surface area contributed by atoms with E-state index in [1.165, 1.54) is 0 Å². The molecular formula is C24H24ClN3O3. The number of halogens is 1. The Balaban J connectivity index is 1.23. The number of benzene rings is 2. The number of likely N-dealkylation sites (tertiary alicyclic amines) is 1. The Kier molecular flexibility index (Phi) is 6.57. The van der Waals surface area contributed by atoms with Crippen LogP contribution in [0.25, 0.3) is 5.69 Å². The lowest BCUT2D eigenvalue weighted by molar-refractivity contribution is -0.124. The molecule has 31 heavy (non-hydrogen) atoms. The monoisotopic (exact) mass is 437 g/mol. The molecule has 0 bridgehead atoms. The average molecular weight is 438 g/mol. The smallest absolute Gasteiger partial charge is 0.258 e. The second-order valence-electron chi connectivity index (χ2n) is 7.51. The van der Waals surface area contributed by atoms with Gasteiger partial charge in [-0.25, -0.2) is 0 Å². The van der Waals surface area contributed by atoms with Crippen LogP contribution >= 0.6 is 11.6 Å². The molecule has 2 aromatic carbocycles. The number of carbonyl (C=O) groups is 2. The highest BCUT2D eigenvalue weighted by molar-refractivity contribution is 6.30. The Morgan fingerprint density at radius 1 is 0.968 bits per heavy atom. The maximum Gasteiger partial charge on any atom is 0.258 e. The van der Waals surface area contributed by atoms with Crippen LogP contribution in [0.3, 0.4) is 0 Å². The van der Waals surface area contributed by atoms with E-state index in [-0.39, 0.29) is 24.5 Å². The second kappa shape index (κ2) is 9.71. The van der Waals surface area contributed by atoms with E-state index in [0.717, 1.165) is 18.5 Å². The maximum atomic E-state index is 12.8. The highest BCUT2D eigenvalue weighted by Crippen LogP contribution is 2.17. The standard InChI is InChI=1S/C24H24ClN3O3/c25-19-5-9-22(10-6-19)31-17-23(29)26-20-11-15-28(16-12-20)24(30)18-3-7-21(8-4-18)27-13-1-2-14-27/h1-10,13-14,20H,11-12,15-17H2,(H,26,29). The summed E-state index contributed by atoms with van der Waals surface area (Å²) in [5.41, 5.74) is 1.69. The van der Waals surface area contributed by atoms with Gasteiger partial charge in [0, 0.05) is 47.8 Å². The summed E-state index contributed by atoms with van der Waals surface area (Å²) in [6.45, 7) is 1.18. The van der Waals surface area contributed by atoms with Gasteiger partial charge in [0.1, 0.15) is 5.75 Å². The van der Waals surface area contributed by atoms with E-state index in [2.05, 4.69) is 5.32 Å². The zero-order valence-electron chi connectivity index (χ0n) is 17.0. The molecule has 0 spiro atoms. The first-order valence-corrected chi connectivity index (χ1v) is 10.7. The van der Waals surface area contributed by atoms with E-state index in [0.29, 0.717) is 29.4 Å².